The van der Waals surface area contributed by atoms with Crippen LogP contribution in [0.25, 0.3) is 10.2 Å². The summed E-state index contributed by atoms with van der Waals surface area (Å²) in [5, 5.41) is 6.87. The van der Waals surface area contributed by atoms with Crippen molar-refractivity contribution in [2.75, 3.05) is 11.9 Å². The van der Waals surface area contributed by atoms with Crippen LogP contribution in [0.5, 0.6) is 0 Å². The number of benzene rings is 1. The van der Waals surface area contributed by atoms with Gasteiger partial charge in [0.05, 0.1) is 10.2 Å². The Morgan fingerprint density at radius 1 is 1.40 bits per heavy atom. The molecule has 0 spiro atoms. The van der Waals surface area contributed by atoms with Crippen molar-refractivity contribution in [3.05, 3.63) is 23.8 Å². The Hall–Kier alpha value is -1.46. The third kappa shape index (κ3) is 4.28. The minimum Gasteiger partial charge on any atom is -0.315 e. The standard InChI is InChI=1S/C15H21N3OS/c1-10(2)16-8-4-5-14(19)18-15-17-12-7-6-11(3)9-13(12)20-15/h6-7,9-10,16H,4-5,8H2,1-3H3,(H,17,18,19). The van der Waals surface area contributed by atoms with E-state index >= 15 is 0 Å². The van der Waals surface area contributed by atoms with E-state index in [9.17, 15) is 4.79 Å². The summed E-state index contributed by atoms with van der Waals surface area (Å²) in [6, 6.07) is 6.58. The van der Waals surface area contributed by atoms with Gasteiger partial charge >= 0.3 is 0 Å². The van der Waals surface area contributed by atoms with E-state index in [0.29, 0.717) is 17.6 Å². The number of nitrogens with one attached hydrogen (secondary N) is 2. The van der Waals surface area contributed by atoms with Crippen LogP contribution in [0.2, 0.25) is 0 Å². The molecule has 5 heteroatoms. The minimum atomic E-state index is 0.0336. The summed E-state index contributed by atoms with van der Waals surface area (Å²) in [5.74, 6) is 0.0336. The number of nitrogens with zero attached hydrogens (tertiary/aromatic N) is 1. The van der Waals surface area contributed by atoms with Gasteiger partial charge in [0.2, 0.25) is 5.91 Å². The third-order valence-electron chi connectivity index (χ3n) is 2.92. The lowest BCUT2D eigenvalue weighted by Crippen LogP contribution is -2.24. The molecule has 1 heterocycles. The Bertz CT molecular complexity index is 592. The summed E-state index contributed by atoms with van der Waals surface area (Å²) in [7, 11) is 0. The maximum atomic E-state index is 11.8. The summed E-state index contributed by atoms with van der Waals surface area (Å²) in [6.45, 7) is 7.12. The number of carbonyl (C=O) groups is 1. The Labute approximate surface area is 123 Å². The predicted octanol–water partition coefficient (Wildman–Crippen LogP) is 3.32. The van der Waals surface area contributed by atoms with Crippen LogP contribution in [0.15, 0.2) is 18.2 Å². The number of hydrogen-bond donors (Lipinski definition) is 2. The molecule has 0 unspecified atom stereocenters. The largest absolute Gasteiger partial charge is 0.315 e. The monoisotopic (exact) mass is 291 g/mol. The van der Waals surface area contributed by atoms with Gasteiger partial charge < -0.3 is 10.6 Å². The highest BCUT2D eigenvalue weighted by Crippen LogP contribution is 2.26. The van der Waals surface area contributed by atoms with Gasteiger partial charge in [-0.05, 0) is 37.6 Å². The quantitative estimate of drug-likeness (QED) is 0.803. The molecule has 1 aromatic heterocycles. The highest BCUT2D eigenvalue weighted by molar-refractivity contribution is 7.22. The van der Waals surface area contributed by atoms with E-state index < -0.39 is 0 Å². The number of rotatable bonds is 6. The second-order valence-corrected chi connectivity index (χ2v) is 6.28. The molecule has 20 heavy (non-hydrogen) atoms. The van der Waals surface area contributed by atoms with Crippen molar-refractivity contribution < 1.29 is 4.79 Å². The van der Waals surface area contributed by atoms with E-state index in [1.54, 1.807) is 0 Å². The van der Waals surface area contributed by atoms with Gasteiger partial charge in [0, 0.05) is 12.5 Å². The van der Waals surface area contributed by atoms with Gasteiger partial charge in [-0.2, -0.15) is 0 Å². The zero-order valence-corrected chi connectivity index (χ0v) is 13.0. The molecule has 0 saturated heterocycles. The summed E-state index contributed by atoms with van der Waals surface area (Å²) in [6.07, 6.45) is 1.36. The molecule has 0 bridgehead atoms. The SMILES string of the molecule is Cc1ccc2nc(NC(=O)CCCNC(C)C)sc2c1. The highest BCUT2D eigenvalue weighted by atomic mass is 32.1. The summed E-state index contributed by atoms with van der Waals surface area (Å²) in [4.78, 5) is 16.2. The molecule has 0 radical (unpaired) electrons. The van der Waals surface area contributed by atoms with Gasteiger partial charge in [-0.25, -0.2) is 4.98 Å². The van der Waals surface area contributed by atoms with Crippen molar-refractivity contribution in [1.29, 1.82) is 0 Å². The number of thiazole rings is 1. The number of hydrogen-bond acceptors (Lipinski definition) is 4. The fraction of sp³-hybridized carbons (Fsp3) is 0.467. The molecule has 4 nitrogen and oxygen atoms in total. The van der Waals surface area contributed by atoms with Crippen LogP contribution in [-0.2, 0) is 4.79 Å². The van der Waals surface area contributed by atoms with Crippen molar-refractivity contribution in [2.45, 2.75) is 39.7 Å². The van der Waals surface area contributed by atoms with Crippen LogP contribution in [0.1, 0.15) is 32.3 Å². The van der Waals surface area contributed by atoms with Gasteiger partial charge in [-0.15, -0.1) is 0 Å². The number of carbonyl (C=O) groups excluding carboxylic acids is 1. The average molecular weight is 291 g/mol. The van der Waals surface area contributed by atoms with Crippen molar-refractivity contribution >= 4 is 32.6 Å². The molecule has 0 aliphatic carbocycles. The molecule has 108 valence electrons. The van der Waals surface area contributed by atoms with Gasteiger partial charge in [0.25, 0.3) is 0 Å². The zero-order chi connectivity index (χ0) is 14.5. The van der Waals surface area contributed by atoms with Crippen LogP contribution in [0, 0.1) is 6.92 Å². The lowest BCUT2D eigenvalue weighted by atomic mass is 10.2. The van der Waals surface area contributed by atoms with Crippen molar-refractivity contribution in [1.82, 2.24) is 10.3 Å². The summed E-state index contributed by atoms with van der Waals surface area (Å²) >= 11 is 1.53. The van der Waals surface area contributed by atoms with E-state index in [-0.39, 0.29) is 5.91 Å². The molecule has 0 atom stereocenters. The Morgan fingerprint density at radius 3 is 2.95 bits per heavy atom. The number of fused-ring (bicyclic) bond motifs is 1. The fourth-order valence-corrected chi connectivity index (χ4v) is 2.89. The molecule has 1 amide bonds. The van der Waals surface area contributed by atoms with Crippen LogP contribution in [0.3, 0.4) is 0 Å². The molecule has 0 aliphatic heterocycles. The van der Waals surface area contributed by atoms with Crippen molar-refractivity contribution in [2.24, 2.45) is 0 Å². The minimum absolute atomic E-state index is 0.0336. The zero-order valence-electron chi connectivity index (χ0n) is 12.2. The Balaban J connectivity index is 1.86. The van der Waals surface area contributed by atoms with Crippen LogP contribution in [0.4, 0.5) is 5.13 Å². The van der Waals surface area contributed by atoms with E-state index in [4.69, 9.17) is 0 Å². The molecule has 0 saturated carbocycles. The number of aromatic nitrogens is 1. The fourth-order valence-electron chi connectivity index (χ4n) is 1.91. The maximum Gasteiger partial charge on any atom is 0.226 e. The second kappa shape index (κ2) is 6.81. The average Bonchev–Trinajstić information content (AvgIpc) is 2.75. The van der Waals surface area contributed by atoms with E-state index in [0.717, 1.165) is 23.2 Å². The van der Waals surface area contributed by atoms with Crippen molar-refractivity contribution in [3.8, 4) is 0 Å². The summed E-state index contributed by atoms with van der Waals surface area (Å²) in [5.41, 5.74) is 2.15. The second-order valence-electron chi connectivity index (χ2n) is 5.25. The Morgan fingerprint density at radius 2 is 2.20 bits per heavy atom. The lowest BCUT2D eigenvalue weighted by Gasteiger charge is -2.07. The first kappa shape index (κ1) is 14.9. The van der Waals surface area contributed by atoms with Crippen LogP contribution < -0.4 is 10.6 Å². The molecule has 1 aromatic carbocycles. The smallest absolute Gasteiger partial charge is 0.226 e. The van der Waals surface area contributed by atoms with Crippen molar-refractivity contribution in [3.63, 3.8) is 0 Å². The first-order valence-electron chi connectivity index (χ1n) is 6.95. The molecular weight excluding hydrogens is 270 g/mol. The molecule has 2 N–H and O–H groups in total. The number of amides is 1. The first-order valence-corrected chi connectivity index (χ1v) is 7.76. The highest BCUT2D eigenvalue weighted by Gasteiger charge is 2.07. The number of anilines is 1. The van der Waals surface area contributed by atoms with Gasteiger partial charge in [-0.1, -0.05) is 31.3 Å². The molecule has 2 rings (SSSR count). The Kier molecular flexibility index (Phi) is 5.09. The van der Waals surface area contributed by atoms with Crippen LogP contribution >= 0.6 is 11.3 Å². The predicted molar refractivity (Wildman–Crippen MR) is 85.4 cm³/mol. The summed E-state index contributed by atoms with van der Waals surface area (Å²) < 4.78 is 1.11. The molecule has 2 aromatic rings. The lowest BCUT2D eigenvalue weighted by molar-refractivity contribution is -0.116. The first-order chi connectivity index (χ1) is 9.54. The van der Waals surface area contributed by atoms with Gasteiger partial charge in [0.15, 0.2) is 5.13 Å². The maximum absolute atomic E-state index is 11.8. The third-order valence-corrected chi connectivity index (χ3v) is 3.86. The molecular formula is C15H21N3OS. The van der Waals surface area contributed by atoms with Gasteiger partial charge in [0.1, 0.15) is 0 Å². The molecule has 0 aliphatic rings. The van der Waals surface area contributed by atoms with E-state index in [1.165, 1.54) is 16.9 Å². The topological polar surface area (TPSA) is 54.0 Å². The van der Waals surface area contributed by atoms with E-state index in [1.807, 2.05) is 12.1 Å². The van der Waals surface area contributed by atoms with Gasteiger partial charge in [-0.3, -0.25) is 4.79 Å². The van der Waals surface area contributed by atoms with Crippen LogP contribution in [-0.4, -0.2) is 23.5 Å². The van der Waals surface area contributed by atoms with E-state index in [2.05, 4.69) is 42.5 Å². The normalized spacial score (nSPS) is 11.2. The number of aryl methyl sites for hydroxylation is 1. The molecule has 0 fully saturated rings.